The first-order valence-corrected chi connectivity index (χ1v) is 7.58. The Bertz CT molecular complexity index is 763. The van der Waals surface area contributed by atoms with E-state index < -0.39 is 0 Å². The van der Waals surface area contributed by atoms with Crippen LogP contribution >= 0.6 is 0 Å². The Morgan fingerprint density at radius 3 is 2.46 bits per heavy atom. The highest BCUT2D eigenvalue weighted by Crippen LogP contribution is 2.19. The van der Waals surface area contributed by atoms with Crippen LogP contribution in [0.25, 0.3) is 11.4 Å². The van der Waals surface area contributed by atoms with Gasteiger partial charge in [0.05, 0.1) is 6.61 Å². The van der Waals surface area contributed by atoms with E-state index >= 15 is 0 Å². The first kappa shape index (κ1) is 15.9. The molecule has 0 spiro atoms. The van der Waals surface area contributed by atoms with E-state index in [9.17, 15) is 0 Å². The average molecular weight is 322 g/mol. The predicted molar refractivity (Wildman–Crippen MR) is 92.4 cm³/mol. The van der Waals surface area contributed by atoms with Crippen LogP contribution in [0.3, 0.4) is 0 Å². The smallest absolute Gasteiger partial charge is 0.230 e. The summed E-state index contributed by atoms with van der Waals surface area (Å²) in [5, 5.41) is 3.17. The van der Waals surface area contributed by atoms with E-state index in [1.807, 2.05) is 54.6 Å². The minimum Gasteiger partial charge on any atom is -0.491 e. The van der Waals surface area contributed by atoms with Crippen molar-refractivity contribution in [1.29, 1.82) is 0 Å². The zero-order chi connectivity index (χ0) is 16.6. The van der Waals surface area contributed by atoms with Gasteiger partial charge in [-0.15, -0.1) is 0 Å². The molecule has 0 unspecified atom stereocenters. The molecule has 3 rings (SSSR count). The van der Waals surface area contributed by atoms with E-state index in [1.165, 1.54) is 6.33 Å². The topological polar surface area (TPSA) is 69.2 Å². The minimum absolute atomic E-state index is 0.497. The lowest BCUT2D eigenvalue weighted by Crippen LogP contribution is -2.04. The van der Waals surface area contributed by atoms with Gasteiger partial charge in [-0.3, -0.25) is 0 Å². The molecule has 122 valence electrons. The molecule has 0 saturated heterocycles. The Balaban J connectivity index is 1.68. The van der Waals surface area contributed by atoms with Gasteiger partial charge in [0.25, 0.3) is 0 Å². The first-order chi connectivity index (χ1) is 11.8. The summed E-state index contributed by atoms with van der Waals surface area (Å²) in [6, 6.07) is 17.4. The third-order valence-electron chi connectivity index (χ3n) is 3.27. The van der Waals surface area contributed by atoms with Crippen LogP contribution in [-0.2, 0) is 4.74 Å². The highest BCUT2D eigenvalue weighted by molar-refractivity contribution is 5.59. The van der Waals surface area contributed by atoms with Gasteiger partial charge < -0.3 is 14.8 Å². The molecule has 6 nitrogen and oxygen atoms in total. The zero-order valence-electron chi connectivity index (χ0n) is 13.3. The number of rotatable bonds is 7. The van der Waals surface area contributed by atoms with Crippen molar-refractivity contribution in [2.24, 2.45) is 0 Å². The molecule has 0 atom stereocenters. The van der Waals surface area contributed by atoms with Crippen LogP contribution < -0.4 is 10.1 Å². The fourth-order valence-electron chi connectivity index (χ4n) is 2.09. The number of methoxy groups -OCH3 is 1. The van der Waals surface area contributed by atoms with E-state index in [-0.39, 0.29) is 0 Å². The lowest BCUT2D eigenvalue weighted by Gasteiger charge is -2.08. The molecule has 6 heteroatoms. The van der Waals surface area contributed by atoms with Crippen molar-refractivity contribution in [3.8, 4) is 17.1 Å². The third kappa shape index (κ3) is 4.27. The van der Waals surface area contributed by atoms with Gasteiger partial charge in [-0.05, 0) is 24.3 Å². The molecular formula is C18H18N4O2. The molecule has 0 saturated carbocycles. The maximum Gasteiger partial charge on any atom is 0.230 e. The molecule has 0 radical (unpaired) electrons. The highest BCUT2D eigenvalue weighted by atomic mass is 16.5. The van der Waals surface area contributed by atoms with Crippen molar-refractivity contribution in [3.05, 3.63) is 60.9 Å². The molecule has 0 amide bonds. The van der Waals surface area contributed by atoms with Crippen LogP contribution in [0.2, 0.25) is 0 Å². The Hall–Kier alpha value is -2.99. The molecule has 0 bridgehead atoms. The van der Waals surface area contributed by atoms with Gasteiger partial charge in [0.1, 0.15) is 18.7 Å². The Kier molecular flexibility index (Phi) is 5.32. The largest absolute Gasteiger partial charge is 0.491 e. The SMILES string of the molecule is COCCOc1ccc(Nc2ncnc(-c3ccccc3)n2)cc1. The third-order valence-corrected chi connectivity index (χ3v) is 3.27. The molecule has 3 aromatic rings. The van der Waals surface area contributed by atoms with Crippen LogP contribution in [0.5, 0.6) is 5.75 Å². The summed E-state index contributed by atoms with van der Waals surface area (Å²) >= 11 is 0. The monoisotopic (exact) mass is 322 g/mol. The van der Waals surface area contributed by atoms with Crippen LogP contribution in [0, 0.1) is 0 Å². The molecule has 0 aliphatic heterocycles. The van der Waals surface area contributed by atoms with E-state index in [0.717, 1.165) is 17.0 Å². The second-order valence-electron chi connectivity index (χ2n) is 4.99. The highest BCUT2D eigenvalue weighted by Gasteiger charge is 2.04. The lowest BCUT2D eigenvalue weighted by molar-refractivity contribution is 0.146. The van der Waals surface area contributed by atoms with Crippen molar-refractivity contribution in [3.63, 3.8) is 0 Å². The summed E-state index contributed by atoms with van der Waals surface area (Å²) in [4.78, 5) is 12.8. The molecule has 0 fully saturated rings. The predicted octanol–water partition coefficient (Wildman–Crippen LogP) is 3.31. The van der Waals surface area contributed by atoms with Gasteiger partial charge in [0.2, 0.25) is 5.95 Å². The number of hydrogen-bond donors (Lipinski definition) is 1. The fraction of sp³-hybridized carbons (Fsp3) is 0.167. The fourth-order valence-corrected chi connectivity index (χ4v) is 2.09. The standard InChI is InChI=1S/C18H18N4O2/c1-23-11-12-24-16-9-7-15(8-10-16)21-18-20-13-19-17(22-18)14-5-3-2-4-6-14/h2-10,13H,11-12H2,1H3,(H,19,20,21,22). The van der Waals surface area contributed by atoms with Crippen molar-refractivity contribution in [2.45, 2.75) is 0 Å². The molecule has 1 aromatic heterocycles. The second-order valence-corrected chi connectivity index (χ2v) is 4.99. The van der Waals surface area contributed by atoms with Gasteiger partial charge in [-0.1, -0.05) is 30.3 Å². The number of hydrogen-bond acceptors (Lipinski definition) is 6. The second kappa shape index (κ2) is 8.03. The van der Waals surface area contributed by atoms with Crippen molar-refractivity contribution < 1.29 is 9.47 Å². The zero-order valence-corrected chi connectivity index (χ0v) is 13.3. The molecule has 2 aromatic carbocycles. The summed E-state index contributed by atoms with van der Waals surface area (Å²) in [5.41, 5.74) is 1.82. The molecular weight excluding hydrogens is 304 g/mol. The Labute approximate surface area is 140 Å². The van der Waals surface area contributed by atoms with Crippen LogP contribution in [0.15, 0.2) is 60.9 Å². The maximum atomic E-state index is 5.53. The van der Waals surface area contributed by atoms with Gasteiger partial charge in [0, 0.05) is 18.4 Å². The summed E-state index contributed by atoms with van der Waals surface area (Å²) in [6.45, 7) is 1.09. The average Bonchev–Trinajstić information content (AvgIpc) is 2.64. The van der Waals surface area contributed by atoms with Crippen LogP contribution in [0.4, 0.5) is 11.6 Å². The number of aromatic nitrogens is 3. The number of anilines is 2. The van der Waals surface area contributed by atoms with Crippen molar-refractivity contribution >= 4 is 11.6 Å². The quantitative estimate of drug-likeness (QED) is 0.673. The number of ether oxygens (including phenoxy) is 2. The van der Waals surface area contributed by atoms with Crippen LogP contribution in [-0.4, -0.2) is 35.3 Å². The maximum absolute atomic E-state index is 5.53. The van der Waals surface area contributed by atoms with Crippen molar-refractivity contribution in [2.75, 3.05) is 25.6 Å². The molecule has 0 aliphatic rings. The van der Waals surface area contributed by atoms with Crippen LogP contribution in [0.1, 0.15) is 0 Å². The van der Waals surface area contributed by atoms with E-state index in [0.29, 0.717) is 25.0 Å². The number of nitrogens with zero attached hydrogens (tertiary/aromatic N) is 3. The van der Waals surface area contributed by atoms with Gasteiger partial charge in [0.15, 0.2) is 5.82 Å². The lowest BCUT2D eigenvalue weighted by atomic mass is 10.2. The van der Waals surface area contributed by atoms with E-state index in [1.54, 1.807) is 7.11 Å². The van der Waals surface area contributed by atoms with Crippen molar-refractivity contribution in [1.82, 2.24) is 15.0 Å². The van der Waals surface area contributed by atoms with E-state index in [4.69, 9.17) is 9.47 Å². The summed E-state index contributed by atoms with van der Waals surface area (Å²) in [5.74, 6) is 1.92. The Morgan fingerprint density at radius 1 is 0.917 bits per heavy atom. The summed E-state index contributed by atoms with van der Waals surface area (Å²) in [7, 11) is 1.65. The first-order valence-electron chi connectivity index (χ1n) is 7.58. The normalized spacial score (nSPS) is 10.4. The van der Waals surface area contributed by atoms with Gasteiger partial charge >= 0.3 is 0 Å². The summed E-state index contributed by atoms with van der Waals surface area (Å²) < 4.78 is 10.5. The number of nitrogens with one attached hydrogen (secondary N) is 1. The van der Waals surface area contributed by atoms with E-state index in [2.05, 4.69) is 20.3 Å². The molecule has 1 N–H and O–H groups in total. The number of benzene rings is 2. The molecule has 0 aliphatic carbocycles. The summed E-state index contributed by atoms with van der Waals surface area (Å²) in [6.07, 6.45) is 1.50. The van der Waals surface area contributed by atoms with Gasteiger partial charge in [-0.2, -0.15) is 4.98 Å². The van der Waals surface area contributed by atoms with Gasteiger partial charge in [-0.25, -0.2) is 9.97 Å². The molecule has 24 heavy (non-hydrogen) atoms. The minimum atomic E-state index is 0.497. The Morgan fingerprint density at radius 2 is 1.71 bits per heavy atom. The molecule has 1 heterocycles.